The van der Waals surface area contributed by atoms with Gasteiger partial charge in [-0.25, -0.2) is 0 Å². The number of methoxy groups -OCH3 is 1. The van der Waals surface area contributed by atoms with Crippen molar-refractivity contribution in [1.29, 1.82) is 0 Å². The Morgan fingerprint density at radius 3 is 2.50 bits per heavy atom. The molecule has 1 N–H and O–H groups in total. The van der Waals surface area contributed by atoms with Crippen LogP contribution >= 0.6 is 0 Å². The number of aliphatic hydroxyl groups is 1. The van der Waals surface area contributed by atoms with E-state index < -0.39 is 11.5 Å². The number of ether oxygens (including phenoxy) is 1. The van der Waals surface area contributed by atoms with Gasteiger partial charge in [0.1, 0.15) is 5.60 Å². The van der Waals surface area contributed by atoms with Crippen LogP contribution in [0.1, 0.15) is 31.7 Å². The van der Waals surface area contributed by atoms with Crippen LogP contribution < -0.4 is 0 Å². The highest BCUT2D eigenvalue weighted by Crippen LogP contribution is 2.51. The van der Waals surface area contributed by atoms with Crippen molar-refractivity contribution in [2.24, 2.45) is 11.8 Å². The maximum atomic E-state index is 11.9. The fourth-order valence-corrected chi connectivity index (χ4v) is 2.75. The molecule has 0 heterocycles. The smallest absolute Gasteiger partial charge is 0.311 e. The van der Waals surface area contributed by atoms with E-state index in [1.807, 2.05) is 37.3 Å². The molecule has 1 aliphatic carbocycles. The average molecular weight is 248 g/mol. The molecule has 98 valence electrons. The van der Waals surface area contributed by atoms with Crippen LogP contribution in [-0.4, -0.2) is 18.2 Å². The Kier molecular flexibility index (Phi) is 3.71. The standard InChI is InChI=1S/C15H20O3/c1-3-13(14(16)18-2)15(17,12-9-10-12)11-7-5-4-6-8-11/h4-8,12-13,17H,3,9-10H2,1-2H3. The van der Waals surface area contributed by atoms with Crippen molar-refractivity contribution in [1.82, 2.24) is 0 Å². The van der Waals surface area contributed by atoms with Gasteiger partial charge in [-0.15, -0.1) is 0 Å². The molecule has 0 bridgehead atoms. The third-order valence-electron chi connectivity index (χ3n) is 3.86. The van der Waals surface area contributed by atoms with Crippen molar-refractivity contribution in [3.63, 3.8) is 0 Å². The highest BCUT2D eigenvalue weighted by Gasteiger charge is 2.52. The molecule has 0 saturated heterocycles. The van der Waals surface area contributed by atoms with Crippen molar-refractivity contribution in [2.45, 2.75) is 31.8 Å². The van der Waals surface area contributed by atoms with Gasteiger partial charge in [0.15, 0.2) is 0 Å². The Hall–Kier alpha value is -1.35. The maximum absolute atomic E-state index is 11.9. The maximum Gasteiger partial charge on any atom is 0.311 e. The molecular weight excluding hydrogens is 228 g/mol. The van der Waals surface area contributed by atoms with Gasteiger partial charge in [0, 0.05) is 0 Å². The molecule has 1 aromatic rings. The molecule has 2 unspecified atom stereocenters. The second kappa shape index (κ2) is 5.11. The lowest BCUT2D eigenvalue weighted by atomic mass is 9.76. The Morgan fingerprint density at radius 2 is 2.06 bits per heavy atom. The topological polar surface area (TPSA) is 46.5 Å². The Bertz CT molecular complexity index is 411. The van der Waals surface area contributed by atoms with Crippen LogP contribution in [0.3, 0.4) is 0 Å². The minimum Gasteiger partial charge on any atom is -0.469 e. The van der Waals surface area contributed by atoms with Crippen LogP contribution in [0.4, 0.5) is 0 Å². The molecule has 0 aliphatic heterocycles. The molecule has 1 aliphatic rings. The van der Waals surface area contributed by atoms with Gasteiger partial charge in [0.2, 0.25) is 0 Å². The summed E-state index contributed by atoms with van der Waals surface area (Å²) < 4.78 is 4.85. The minimum absolute atomic E-state index is 0.170. The normalized spacial score (nSPS) is 19.9. The van der Waals surface area contributed by atoms with Crippen molar-refractivity contribution in [2.75, 3.05) is 7.11 Å². The first-order chi connectivity index (χ1) is 8.64. The first-order valence-electron chi connectivity index (χ1n) is 6.50. The lowest BCUT2D eigenvalue weighted by molar-refractivity contribution is -0.159. The summed E-state index contributed by atoms with van der Waals surface area (Å²) in [6, 6.07) is 9.49. The highest BCUT2D eigenvalue weighted by molar-refractivity contribution is 5.74. The number of esters is 1. The van der Waals surface area contributed by atoms with Crippen LogP contribution in [0.5, 0.6) is 0 Å². The highest BCUT2D eigenvalue weighted by atomic mass is 16.5. The monoisotopic (exact) mass is 248 g/mol. The lowest BCUT2D eigenvalue weighted by Crippen LogP contribution is -2.42. The van der Waals surface area contributed by atoms with Crippen molar-refractivity contribution < 1.29 is 14.6 Å². The summed E-state index contributed by atoms with van der Waals surface area (Å²) in [5.41, 5.74) is -0.256. The quantitative estimate of drug-likeness (QED) is 0.814. The molecule has 1 fully saturated rings. The van der Waals surface area contributed by atoms with E-state index in [9.17, 15) is 9.90 Å². The molecule has 0 amide bonds. The lowest BCUT2D eigenvalue weighted by Gasteiger charge is -2.35. The van der Waals surface area contributed by atoms with Gasteiger partial charge < -0.3 is 9.84 Å². The van der Waals surface area contributed by atoms with Gasteiger partial charge in [-0.3, -0.25) is 4.79 Å². The van der Waals surface area contributed by atoms with Crippen molar-refractivity contribution >= 4 is 5.97 Å². The Morgan fingerprint density at radius 1 is 1.44 bits per heavy atom. The number of benzene rings is 1. The van der Waals surface area contributed by atoms with Crippen molar-refractivity contribution in [3.8, 4) is 0 Å². The second-order valence-electron chi connectivity index (χ2n) is 4.95. The van der Waals surface area contributed by atoms with Crippen LogP contribution in [0.2, 0.25) is 0 Å². The first-order valence-corrected chi connectivity index (χ1v) is 6.50. The van der Waals surface area contributed by atoms with Gasteiger partial charge in [-0.2, -0.15) is 0 Å². The largest absolute Gasteiger partial charge is 0.469 e. The predicted molar refractivity (Wildman–Crippen MR) is 68.9 cm³/mol. The van der Waals surface area contributed by atoms with Gasteiger partial charge in [-0.1, -0.05) is 37.3 Å². The zero-order chi connectivity index (χ0) is 13.2. The molecule has 3 heteroatoms. The number of carbonyl (C=O) groups excluding carboxylic acids is 1. The van der Waals surface area contributed by atoms with Gasteiger partial charge in [0.05, 0.1) is 13.0 Å². The fourth-order valence-electron chi connectivity index (χ4n) is 2.75. The van der Waals surface area contributed by atoms with E-state index in [4.69, 9.17) is 4.74 Å². The van der Waals surface area contributed by atoms with Gasteiger partial charge >= 0.3 is 5.97 Å². The molecule has 3 nitrogen and oxygen atoms in total. The zero-order valence-corrected chi connectivity index (χ0v) is 10.9. The number of hydrogen-bond donors (Lipinski definition) is 1. The van der Waals surface area contributed by atoms with Crippen LogP contribution in [0.15, 0.2) is 30.3 Å². The van der Waals surface area contributed by atoms with E-state index in [1.165, 1.54) is 7.11 Å². The Balaban J connectivity index is 2.40. The first kappa shape index (κ1) is 13.1. The summed E-state index contributed by atoms with van der Waals surface area (Å²) in [7, 11) is 1.38. The molecule has 2 atom stereocenters. The zero-order valence-electron chi connectivity index (χ0n) is 10.9. The molecule has 0 radical (unpaired) electrons. The van der Waals surface area contributed by atoms with Crippen LogP contribution in [-0.2, 0) is 15.1 Å². The molecule has 0 spiro atoms. The minimum atomic E-state index is -1.08. The third kappa shape index (κ3) is 2.15. The number of rotatable bonds is 5. The van der Waals surface area contributed by atoms with Gasteiger partial charge in [0.25, 0.3) is 0 Å². The van der Waals surface area contributed by atoms with E-state index in [0.717, 1.165) is 18.4 Å². The summed E-state index contributed by atoms with van der Waals surface area (Å²) in [5.74, 6) is -0.642. The van der Waals surface area contributed by atoms with E-state index in [1.54, 1.807) is 0 Å². The number of carbonyl (C=O) groups is 1. The molecule has 2 rings (SSSR count). The molecule has 1 saturated carbocycles. The molecule has 0 aromatic heterocycles. The molecular formula is C15H20O3. The van der Waals surface area contributed by atoms with E-state index in [2.05, 4.69) is 0 Å². The van der Waals surface area contributed by atoms with Crippen molar-refractivity contribution in [3.05, 3.63) is 35.9 Å². The Labute approximate surface area is 108 Å². The van der Waals surface area contributed by atoms with E-state index >= 15 is 0 Å². The SMILES string of the molecule is CCC(C(=O)OC)C(O)(c1ccccc1)C1CC1. The average Bonchev–Trinajstić information content (AvgIpc) is 3.24. The molecule has 18 heavy (non-hydrogen) atoms. The molecule has 1 aromatic carbocycles. The second-order valence-corrected chi connectivity index (χ2v) is 4.95. The summed E-state index contributed by atoms with van der Waals surface area (Å²) >= 11 is 0. The summed E-state index contributed by atoms with van der Waals surface area (Å²) in [6.45, 7) is 1.91. The summed E-state index contributed by atoms with van der Waals surface area (Å²) in [5, 5.41) is 11.1. The number of hydrogen-bond acceptors (Lipinski definition) is 3. The van der Waals surface area contributed by atoms with E-state index in [-0.39, 0.29) is 11.9 Å². The van der Waals surface area contributed by atoms with E-state index in [0.29, 0.717) is 6.42 Å². The predicted octanol–water partition coefficient (Wildman–Crippen LogP) is 2.48. The van der Waals surface area contributed by atoms with Crippen LogP contribution in [0, 0.1) is 11.8 Å². The van der Waals surface area contributed by atoms with Crippen LogP contribution in [0.25, 0.3) is 0 Å². The summed E-state index contributed by atoms with van der Waals surface area (Å²) in [4.78, 5) is 11.9. The summed E-state index contributed by atoms with van der Waals surface area (Å²) in [6.07, 6.45) is 2.52. The van der Waals surface area contributed by atoms with Gasteiger partial charge in [-0.05, 0) is 30.7 Å². The third-order valence-corrected chi connectivity index (χ3v) is 3.86. The fraction of sp³-hybridized carbons (Fsp3) is 0.533.